The van der Waals surface area contributed by atoms with Gasteiger partial charge in [0.05, 0.1) is 5.69 Å². The number of rotatable bonds is 5. The van der Waals surface area contributed by atoms with Crippen LogP contribution in [-0.4, -0.2) is 24.7 Å². The van der Waals surface area contributed by atoms with Crippen molar-refractivity contribution < 1.29 is 9.21 Å². The first kappa shape index (κ1) is 21.5. The maximum absolute atomic E-state index is 12.7. The van der Waals surface area contributed by atoms with Crippen molar-refractivity contribution in [2.75, 3.05) is 24.2 Å². The van der Waals surface area contributed by atoms with E-state index in [-0.39, 0.29) is 23.9 Å². The lowest BCUT2D eigenvalue weighted by Crippen LogP contribution is -2.28. The van der Waals surface area contributed by atoms with E-state index in [1.165, 1.54) is 0 Å². The molecule has 2 aromatic rings. The van der Waals surface area contributed by atoms with E-state index in [4.69, 9.17) is 4.42 Å². The number of aryl methyl sites for hydroxylation is 1. The van der Waals surface area contributed by atoms with Gasteiger partial charge in [0, 0.05) is 10.8 Å². The molecule has 27 heavy (non-hydrogen) atoms. The Morgan fingerprint density at radius 2 is 2.00 bits per heavy atom. The highest BCUT2D eigenvalue weighted by atomic mass is 35.5. The van der Waals surface area contributed by atoms with Gasteiger partial charge >= 0.3 is 5.63 Å². The molecule has 1 aliphatic heterocycles. The predicted octanol–water partition coefficient (Wildman–Crippen LogP) is 4.20. The lowest BCUT2D eigenvalue weighted by molar-refractivity contribution is 0.102. The number of piperidine rings is 1. The zero-order valence-corrected chi connectivity index (χ0v) is 17.2. The molecule has 1 saturated heterocycles. The third-order valence-electron chi connectivity index (χ3n) is 4.57. The van der Waals surface area contributed by atoms with Gasteiger partial charge in [0.2, 0.25) is 0 Å². The van der Waals surface area contributed by atoms with Crippen LogP contribution in [0.25, 0.3) is 0 Å². The SMILES string of the molecule is CCSc1ccccc1NC(=O)c1c(C)cc(C2CCNCC2)oc1=O.Cl. The van der Waals surface area contributed by atoms with Gasteiger partial charge in [-0.3, -0.25) is 4.79 Å². The van der Waals surface area contributed by atoms with Crippen LogP contribution >= 0.6 is 24.2 Å². The molecule has 7 heteroatoms. The Morgan fingerprint density at radius 1 is 1.30 bits per heavy atom. The molecule has 3 rings (SSSR count). The smallest absolute Gasteiger partial charge is 0.349 e. The molecule has 5 nitrogen and oxygen atoms in total. The summed E-state index contributed by atoms with van der Waals surface area (Å²) in [5.74, 6) is 1.41. The Bertz CT molecular complexity index is 847. The van der Waals surface area contributed by atoms with Gasteiger partial charge in [-0.2, -0.15) is 0 Å². The molecule has 1 fully saturated rings. The average molecular weight is 409 g/mol. The molecule has 146 valence electrons. The summed E-state index contributed by atoms with van der Waals surface area (Å²) in [4.78, 5) is 26.2. The minimum Gasteiger partial charge on any atom is -0.427 e. The Labute approximate surface area is 169 Å². The highest BCUT2D eigenvalue weighted by molar-refractivity contribution is 7.99. The van der Waals surface area contributed by atoms with Gasteiger partial charge in [0.1, 0.15) is 11.3 Å². The van der Waals surface area contributed by atoms with E-state index in [2.05, 4.69) is 17.6 Å². The molecule has 1 aliphatic rings. The molecule has 2 heterocycles. The number of thioether (sulfide) groups is 1. The Hall–Kier alpha value is -1.76. The van der Waals surface area contributed by atoms with Crippen molar-refractivity contribution in [1.29, 1.82) is 0 Å². The van der Waals surface area contributed by atoms with Gasteiger partial charge in [0.15, 0.2) is 0 Å². The molecule has 0 atom stereocenters. The molecule has 1 aromatic heterocycles. The van der Waals surface area contributed by atoms with Gasteiger partial charge in [-0.25, -0.2) is 4.79 Å². The van der Waals surface area contributed by atoms with Gasteiger partial charge in [-0.05, 0) is 62.4 Å². The van der Waals surface area contributed by atoms with Gasteiger partial charge < -0.3 is 15.1 Å². The number of nitrogens with one attached hydrogen (secondary N) is 2. The van der Waals surface area contributed by atoms with E-state index in [9.17, 15) is 9.59 Å². The van der Waals surface area contributed by atoms with E-state index >= 15 is 0 Å². The number of hydrogen-bond donors (Lipinski definition) is 2. The number of carbonyl (C=O) groups is 1. The first-order valence-electron chi connectivity index (χ1n) is 8.98. The van der Waals surface area contributed by atoms with Crippen LogP contribution in [0.5, 0.6) is 0 Å². The first-order chi connectivity index (χ1) is 12.6. The molecule has 0 aliphatic carbocycles. The van der Waals surface area contributed by atoms with Gasteiger partial charge in [-0.1, -0.05) is 19.1 Å². The molecule has 0 bridgehead atoms. The second-order valence-corrected chi connectivity index (χ2v) is 7.71. The van der Waals surface area contributed by atoms with E-state index in [1.807, 2.05) is 30.3 Å². The summed E-state index contributed by atoms with van der Waals surface area (Å²) in [6.45, 7) is 5.69. The quantitative estimate of drug-likeness (QED) is 0.725. The highest BCUT2D eigenvalue weighted by Gasteiger charge is 2.22. The maximum Gasteiger partial charge on any atom is 0.349 e. The zero-order chi connectivity index (χ0) is 18.5. The fraction of sp³-hybridized carbons (Fsp3) is 0.400. The number of amides is 1. The lowest BCUT2D eigenvalue weighted by Gasteiger charge is -2.22. The van der Waals surface area contributed by atoms with Crippen LogP contribution in [0.2, 0.25) is 0 Å². The van der Waals surface area contributed by atoms with Crippen molar-refractivity contribution >= 4 is 35.8 Å². The number of halogens is 1. The molecular weight excluding hydrogens is 384 g/mol. The summed E-state index contributed by atoms with van der Waals surface area (Å²) in [6.07, 6.45) is 1.88. The summed E-state index contributed by atoms with van der Waals surface area (Å²) in [5, 5.41) is 6.16. The van der Waals surface area contributed by atoms with E-state index in [1.54, 1.807) is 18.7 Å². The minimum atomic E-state index is -0.559. The zero-order valence-electron chi connectivity index (χ0n) is 15.5. The molecule has 2 N–H and O–H groups in total. The number of hydrogen-bond acceptors (Lipinski definition) is 5. The minimum absolute atomic E-state index is 0. The van der Waals surface area contributed by atoms with Crippen molar-refractivity contribution in [2.45, 2.75) is 37.5 Å². The third kappa shape index (κ3) is 5.15. The standard InChI is InChI=1S/C20H24N2O3S.ClH/c1-3-26-17-7-5-4-6-15(17)22-19(23)18-13(2)12-16(25-20(18)24)14-8-10-21-11-9-14;/h4-7,12,14,21H,3,8-11H2,1-2H3,(H,22,23);1H. The largest absolute Gasteiger partial charge is 0.427 e. The van der Waals surface area contributed by atoms with Crippen molar-refractivity contribution in [3.8, 4) is 0 Å². The van der Waals surface area contributed by atoms with Crippen LogP contribution < -0.4 is 16.3 Å². The normalized spacial score (nSPS) is 14.4. The first-order valence-corrected chi connectivity index (χ1v) is 9.97. The summed E-state index contributed by atoms with van der Waals surface area (Å²) < 4.78 is 5.52. The fourth-order valence-electron chi connectivity index (χ4n) is 3.25. The van der Waals surface area contributed by atoms with Crippen LogP contribution in [0.1, 0.15) is 47.4 Å². The topological polar surface area (TPSA) is 71.3 Å². The molecule has 0 unspecified atom stereocenters. The van der Waals surface area contributed by atoms with Gasteiger partial charge in [-0.15, -0.1) is 24.2 Å². The Morgan fingerprint density at radius 3 is 2.67 bits per heavy atom. The molecular formula is C20H25ClN2O3S. The van der Waals surface area contributed by atoms with Gasteiger partial charge in [0.25, 0.3) is 5.91 Å². The van der Waals surface area contributed by atoms with E-state index < -0.39 is 11.5 Å². The number of para-hydroxylation sites is 1. The molecule has 0 radical (unpaired) electrons. The number of anilines is 1. The monoisotopic (exact) mass is 408 g/mol. The predicted molar refractivity (Wildman–Crippen MR) is 113 cm³/mol. The number of benzene rings is 1. The van der Waals surface area contributed by atoms with Crippen LogP contribution in [-0.2, 0) is 0 Å². The van der Waals surface area contributed by atoms with Crippen LogP contribution in [0.15, 0.2) is 44.4 Å². The lowest BCUT2D eigenvalue weighted by atomic mass is 9.94. The molecule has 0 saturated carbocycles. The summed E-state index contributed by atoms with van der Waals surface area (Å²) in [6, 6.07) is 9.44. The van der Waals surface area contributed by atoms with Crippen molar-refractivity contribution in [3.63, 3.8) is 0 Å². The summed E-state index contributed by atoms with van der Waals surface area (Å²) >= 11 is 1.65. The Balaban J connectivity index is 0.00000261. The van der Waals surface area contributed by atoms with Crippen molar-refractivity contribution in [3.05, 3.63) is 57.6 Å². The molecule has 0 spiro atoms. The average Bonchev–Trinajstić information content (AvgIpc) is 2.63. The van der Waals surface area contributed by atoms with E-state index in [0.29, 0.717) is 17.0 Å². The second kappa shape index (κ2) is 9.97. The summed E-state index contributed by atoms with van der Waals surface area (Å²) in [7, 11) is 0. The highest BCUT2D eigenvalue weighted by Crippen LogP contribution is 2.28. The number of carbonyl (C=O) groups excluding carboxylic acids is 1. The molecule has 1 aromatic carbocycles. The van der Waals surface area contributed by atoms with E-state index in [0.717, 1.165) is 36.6 Å². The van der Waals surface area contributed by atoms with Crippen LogP contribution in [0.4, 0.5) is 5.69 Å². The Kier molecular flexibility index (Phi) is 7.95. The molecule has 1 amide bonds. The summed E-state index contributed by atoms with van der Waals surface area (Å²) in [5.41, 5.74) is 0.897. The van der Waals surface area contributed by atoms with Crippen LogP contribution in [0, 0.1) is 6.92 Å². The fourth-order valence-corrected chi connectivity index (χ4v) is 4.01. The van der Waals surface area contributed by atoms with Crippen molar-refractivity contribution in [1.82, 2.24) is 5.32 Å². The maximum atomic E-state index is 12.7. The third-order valence-corrected chi connectivity index (χ3v) is 5.53. The van der Waals surface area contributed by atoms with Crippen molar-refractivity contribution in [2.24, 2.45) is 0 Å². The van der Waals surface area contributed by atoms with Crippen LogP contribution in [0.3, 0.4) is 0 Å². The second-order valence-electron chi connectivity index (χ2n) is 6.40.